The molecule has 0 saturated carbocycles. The zero-order valence-electron chi connectivity index (χ0n) is 23.6. The van der Waals surface area contributed by atoms with Crippen LogP contribution in [0, 0.1) is 12.7 Å². The van der Waals surface area contributed by atoms with Gasteiger partial charge in [-0.15, -0.1) is 0 Å². The molecule has 0 saturated heterocycles. The summed E-state index contributed by atoms with van der Waals surface area (Å²) in [4.78, 5) is 17.9. The molecule has 2 heterocycles. The minimum absolute atomic E-state index is 0.160. The van der Waals surface area contributed by atoms with Gasteiger partial charge >= 0.3 is 0 Å². The molecule has 0 radical (unpaired) electrons. The van der Waals surface area contributed by atoms with Gasteiger partial charge in [0, 0.05) is 23.5 Å². The van der Waals surface area contributed by atoms with Gasteiger partial charge in [0.1, 0.15) is 11.6 Å². The lowest BCUT2D eigenvalue weighted by atomic mass is 9.98. The van der Waals surface area contributed by atoms with Gasteiger partial charge in [-0.3, -0.25) is 4.79 Å². The molecule has 0 amide bonds. The van der Waals surface area contributed by atoms with Gasteiger partial charge in [-0.05, 0) is 60.9 Å². The lowest BCUT2D eigenvalue weighted by molar-refractivity contribution is 0.318. The number of methoxy groups -OCH3 is 1. The summed E-state index contributed by atoms with van der Waals surface area (Å²) in [5, 5.41) is 12.4. The molecule has 8 nitrogen and oxygen atoms in total. The molecular formula is C31H36FN5O3. The van der Waals surface area contributed by atoms with E-state index in [9.17, 15) is 14.4 Å². The summed E-state index contributed by atoms with van der Waals surface area (Å²) >= 11 is 0. The first-order valence-electron chi connectivity index (χ1n) is 13.0. The molecule has 4 rings (SSSR count). The zero-order valence-corrected chi connectivity index (χ0v) is 23.6. The maximum atomic E-state index is 13.6. The molecule has 3 N–H and O–H groups in total. The fourth-order valence-electron chi connectivity index (χ4n) is 3.99. The highest BCUT2D eigenvalue weighted by Crippen LogP contribution is 2.30. The third-order valence-electron chi connectivity index (χ3n) is 6.56. The van der Waals surface area contributed by atoms with Crippen molar-refractivity contribution < 1.29 is 14.3 Å². The number of nitrogens with zero attached hydrogens (tertiary/aromatic N) is 4. The van der Waals surface area contributed by atoms with Crippen LogP contribution in [0.15, 0.2) is 83.8 Å². The van der Waals surface area contributed by atoms with E-state index in [1.165, 1.54) is 41.8 Å². The molecule has 40 heavy (non-hydrogen) atoms. The van der Waals surface area contributed by atoms with Crippen LogP contribution in [0.3, 0.4) is 0 Å². The Kier molecular flexibility index (Phi) is 10.0. The number of hydrogen-bond acceptors (Lipinski definition) is 5. The van der Waals surface area contributed by atoms with Crippen LogP contribution in [0.4, 0.5) is 4.39 Å². The number of rotatable bonds is 8. The Morgan fingerprint density at radius 3 is 2.35 bits per heavy atom. The van der Waals surface area contributed by atoms with Crippen LogP contribution in [0.25, 0.3) is 11.3 Å². The second-order valence-electron chi connectivity index (χ2n) is 9.36. The molecule has 0 aliphatic rings. The smallest absolute Gasteiger partial charge is 0.259 e. The Bertz CT molecular complexity index is 1550. The Morgan fingerprint density at radius 1 is 1.12 bits per heavy atom. The minimum Gasteiger partial charge on any atom is -0.495 e. The van der Waals surface area contributed by atoms with Crippen LogP contribution in [0.2, 0.25) is 0 Å². The number of halogens is 1. The Hall–Kier alpha value is -4.66. The summed E-state index contributed by atoms with van der Waals surface area (Å²) in [6.45, 7) is 12.2. The first kappa shape index (κ1) is 29.9. The number of hydrogen-bond donors (Lipinski definition) is 2. The second-order valence-corrected chi connectivity index (χ2v) is 9.36. The van der Waals surface area contributed by atoms with E-state index < -0.39 is 6.04 Å². The minimum atomic E-state index is -0.461. The van der Waals surface area contributed by atoms with Crippen LogP contribution in [-0.2, 0) is 0 Å². The van der Waals surface area contributed by atoms with E-state index in [-0.39, 0.29) is 22.8 Å². The third-order valence-corrected chi connectivity index (χ3v) is 6.56. The molecule has 2 aromatic carbocycles. The molecule has 0 bridgehead atoms. The molecule has 1 unspecified atom stereocenters. The number of oxime groups is 1. The lowest BCUT2D eigenvalue weighted by Gasteiger charge is -2.19. The fourth-order valence-corrected chi connectivity index (χ4v) is 3.99. The number of pyridine rings is 1. The van der Waals surface area contributed by atoms with Crippen molar-refractivity contribution in [2.24, 2.45) is 10.9 Å². The lowest BCUT2D eigenvalue weighted by Crippen LogP contribution is -2.29. The van der Waals surface area contributed by atoms with Gasteiger partial charge in [-0.1, -0.05) is 56.6 Å². The monoisotopic (exact) mass is 545 g/mol. The van der Waals surface area contributed by atoms with E-state index in [2.05, 4.69) is 30.6 Å². The molecular weight excluding hydrogens is 509 g/mol. The van der Waals surface area contributed by atoms with Crippen molar-refractivity contribution in [2.75, 3.05) is 7.11 Å². The number of unbranched alkanes of at least 4 members (excludes halogenated alkanes) is 1. The van der Waals surface area contributed by atoms with Gasteiger partial charge in [-0.2, -0.15) is 0 Å². The highest BCUT2D eigenvalue weighted by Gasteiger charge is 2.19. The summed E-state index contributed by atoms with van der Waals surface area (Å²) in [5.41, 5.74) is 9.60. The van der Waals surface area contributed by atoms with Crippen molar-refractivity contribution in [3.8, 4) is 11.4 Å². The average Bonchev–Trinajstić information content (AvgIpc) is 3.42. The number of aromatic nitrogens is 3. The summed E-state index contributed by atoms with van der Waals surface area (Å²) in [5.74, 6) is 0.0344. The van der Waals surface area contributed by atoms with Gasteiger partial charge in [0.15, 0.2) is 5.84 Å². The molecule has 0 aliphatic carbocycles. The van der Waals surface area contributed by atoms with E-state index in [0.717, 1.165) is 11.4 Å². The van der Waals surface area contributed by atoms with E-state index in [0.29, 0.717) is 28.0 Å². The first-order valence-corrected chi connectivity index (χ1v) is 13.0. The Labute approximate surface area is 233 Å². The maximum Gasteiger partial charge on any atom is 0.259 e. The van der Waals surface area contributed by atoms with Crippen LogP contribution in [0.5, 0.6) is 5.75 Å². The van der Waals surface area contributed by atoms with Crippen molar-refractivity contribution in [3.05, 3.63) is 118 Å². The highest BCUT2D eigenvalue weighted by atomic mass is 19.1. The third kappa shape index (κ3) is 6.66. The van der Waals surface area contributed by atoms with E-state index in [1.54, 1.807) is 31.6 Å². The first-order chi connectivity index (χ1) is 19.1. The molecule has 4 aromatic rings. The Balaban J connectivity index is 0.00000103. The number of nitrogens with two attached hydrogens (primary N) is 1. The van der Waals surface area contributed by atoms with Crippen LogP contribution in [-0.4, -0.2) is 32.3 Å². The van der Waals surface area contributed by atoms with E-state index in [4.69, 9.17) is 10.5 Å². The second kappa shape index (κ2) is 13.4. The highest BCUT2D eigenvalue weighted by molar-refractivity contribution is 5.97. The van der Waals surface area contributed by atoms with Crippen molar-refractivity contribution in [1.29, 1.82) is 0 Å². The van der Waals surface area contributed by atoms with Crippen molar-refractivity contribution in [3.63, 3.8) is 0 Å². The molecule has 210 valence electrons. The SMILES string of the molecule is C=C(c1ccc(-n2cnc(C)c2)c(OC)c1)c1cc(/C(N)=N/O)cn(C(C)c2ccc(F)cc2)c1=O.CCCC. The van der Waals surface area contributed by atoms with Crippen LogP contribution >= 0.6 is 0 Å². The predicted octanol–water partition coefficient (Wildman–Crippen LogP) is 6.06. The average molecular weight is 546 g/mol. The van der Waals surface area contributed by atoms with Gasteiger partial charge < -0.3 is 24.8 Å². The van der Waals surface area contributed by atoms with Gasteiger partial charge in [-0.25, -0.2) is 9.37 Å². The fraction of sp³-hybridized carbons (Fsp3) is 0.258. The van der Waals surface area contributed by atoms with Crippen molar-refractivity contribution >= 4 is 11.4 Å². The molecule has 2 aromatic heterocycles. The number of imidazole rings is 1. The quantitative estimate of drug-likeness (QED) is 0.121. The normalized spacial score (nSPS) is 11.9. The predicted molar refractivity (Wildman–Crippen MR) is 157 cm³/mol. The summed E-state index contributed by atoms with van der Waals surface area (Å²) in [7, 11) is 1.56. The standard InChI is InChI=1S/C27H26FN5O3.C4H10/c1-16-13-32(15-30-16)24-10-7-20(12-25(24)36-4)17(2)23-11-21(26(29)31-35)14-33(27(23)34)18(3)19-5-8-22(28)9-6-19;1-3-4-2/h5-15,18,35H,2H2,1,3-4H3,(H2,29,31);3-4H2,1-2H3. The maximum absolute atomic E-state index is 13.6. The number of amidine groups is 1. The largest absolute Gasteiger partial charge is 0.495 e. The zero-order chi connectivity index (χ0) is 29.4. The summed E-state index contributed by atoms with van der Waals surface area (Å²) < 4.78 is 22.4. The summed E-state index contributed by atoms with van der Waals surface area (Å²) in [6.07, 6.45) is 7.72. The molecule has 0 fully saturated rings. The van der Waals surface area contributed by atoms with Gasteiger partial charge in [0.05, 0.1) is 30.9 Å². The van der Waals surface area contributed by atoms with Crippen LogP contribution < -0.4 is 16.0 Å². The Morgan fingerprint density at radius 2 is 1.80 bits per heavy atom. The van der Waals surface area contributed by atoms with Gasteiger partial charge in [0.25, 0.3) is 5.56 Å². The van der Waals surface area contributed by atoms with Gasteiger partial charge in [0.2, 0.25) is 0 Å². The molecule has 0 aliphatic heterocycles. The number of benzene rings is 2. The van der Waals surface area contributed by atoms with E-state index >= 15 is 0 Å². The number of aryl methyl sites for hydroxylation is 1. The van der Waals surface area contributed by atoms with E-state index in [1.807, 2.05) is 36.7 Å². The van der Waals surface area contributed by atoms with Crippen LogP contribution in [0.1, 0.15) is 67.6 Å². The molecule has 9 heteroatoms. The topological polar surface area (TPSA) is 108 Å². The molecule has 0 spiro atoms. The number of ether oxygens (including phenoxy) is 1. The van der Waals surface area contributed by atoms with Crippen molar-refractivity contribution in [1.82, 2.24) is 14.1 Å². The van der Waals surface area contributed by atoms with Crippen molar-refractivity contribution in [2.45, 2.75) is 46.6 Å². The summed E-state index contributed by atoms with van der Waals surface area (Å²) in [6, 6.07) is 12.4. The molecule has 1 atom stereocenters.